The largest absolute Gasteiger partial charge is 0.480 e. The van der Waals surface area contributed by atoms with E-state index in [0.29, 0.717) is 17.7 Å². The lowest BCUT2D eigenvalue weighted by Crippen LogP contribution is -2.36. The lowest BCUT2D eigenvalue weighted by atomic mass is 10.0. The molecule has 2 rings (SSSR count). The van der Waals surface area contributed by atoms with Gasteiger partial charge in [0.1, 0.15) is 6.04 Å². The molecule has 0 aliphatic rings. The van der Waals surface area contributed by atoms with Crippen molar-refractivity contribution in [2.45, 2.75) is 31.5 Å². The summed E-state index contributed by atoms with van der Waals surface area (Å²) in [4.78, 5) is 15.6. The molecule has 8 heteroatoms. The van der Waals surface area contributed by atoms with Gasteiger partial charge in [0.25, 0.3) is 10.0 Å². The second-order valence-corrected chi connectivity index (χ2v) is 7.11. The molecule has 124 valence electrons. The number of aryl methyl sites for hydroxylation is 2. The molecule has 1 aromatic heterocycles. The summed E-state index contributed by atoms with van der Waals surface area (Å²) < 4.78 is 27.8. The topological polar surface area (TPSA) is 92.5 Å². The maximum Gasteiger partial charge on any atom is 0.326 e. The third kappa shape index (κ3) is 3.27. The lowest BCUT2D eigenvalue weighted by molar-refractivity contribution is -0.141. The van der Waals surface area contributed by atoms with Crippen LogP contribution in [0.1, 0.15) is 24.1 Å². The van der Waals surface area contributed by atoms with Crippen LogP contribution in [0.25, 0.3) is 0 Å². The van der Waals surface area contributed by atoms with Crippen LogP contribution in [0.15, 0.2) is 41.8 Å². The quantitative estimate of drug-likeness (QED) is 0.865. The van der Waals surface area contributed by atoms with E-state index in [0.717, 1.165) is 4.31 Å². The van der Waals surface area contributed by atoms with Crippen LogP contribution < -0.4 is 0 Å². The zero-order chi connectivity index (χ0) is 17.2. The van der Waals surface area contributed by atoms with Crippen molar-refractivity contribution in [1.29, 1.82) is 0 Å². The fraction of sp³-hybridized carbons (Fsp3) is 0.333. The Kier molecular flexibility index (Phi) is 4.86. The zero-order valence-electron chi connectivity index (χ0n) is 13.2. The maximum atomic E-state index is 12.7. The summed E-state index contributed by atoms with van der Waals surface area (Å²) in [6.45, 7) is 4.18. The Morgan fingerprint density at radius 3 is 2.57 bits per heavy atom. The molecule has 23 heavy (non-hydrogen) atoms. The Bertz CT molecular complexity index is 814. The van der Waals surface area contributed by atoms with Gasteiger partial charge >= 0.3 is 5.97 Å². The van der Waals surface area contributed by atoms with E-state index in [1.54, 1.807) is 35.8 Å². The van der Waals surface area contributed by atoms with Crippen LogP contribution in [0.5, 0.6) is 0 Å². The number of rotatable bonds is 6. The minimum atomic E-state index is -4.02. The van der Waals surface area contributed by atoms with E-state index in [2.05, 4.69) is 4.98 Å². The summed E-state index contributed by atoms with van der Waals surface area (Å²) in [5, 5.41) is 9.39. The molecule has 0 amide bonds. The van der Waals surface area contributed by atoms with Crippen molar-refractivity contribution in [3.05, 3.63) is 47.9 Å². The van der Waals surface area contributed by atoms with Crippen LogP contribution in [-0.4, -0.2) is 40.4 Å². The maximum absolute atomic E-state index is 12.7. The molecule has 7 nitrogen and oxygen atoms in total. The minimum absolute atomic E-state index is 0.165. The molecule has 1 atom stereocenters. The number of sulfonamides is 1. The van der Waals surface area contributed by atoms with Gasteiger partial charge in [0.2, 0.25) is 0 Å². The summed E-state index contributed by atoms with van der Waals surface area (Å²) in [7, 11) is -2.76. The number of hydrogen-bond acceptors (Lipinski definition) is 4. The first kappa shape index (κ1) is 17.2. The number of hydrogen-bond donors (Lipinski definition) is 1. The standard InChI is InChI=1S/C15H19N3O4S/c1-4-18-9-13(16-10-18)23(21,22)17(3)14(15(19)20)12-8-6-5-7-11(12)2/h5-10,14H,4H2,1-3H3,(H,19,20). The number of carboxylic acids is 1. The average Bonchev–Trinajstić information content (AvgIpc) is 2.98. The second kappa shape index (κ2) is 6.51. The van der Waals surface area contributed by atoms with Gasteiger partial charge in [-0.05, 0) is 25.0 Å². The number of nitrogens with zero attached hydrogens (tertiary/aromatic N) is 3. The Hall–Kier alpha value is -2.19. The third-order valence-electron chi connectivity index (χ3n) is 3.70. The monoisotopic (exact) mass is 337 g/mol. The Morgan fingerprint density at radius 1 is 1.39 bits per heavy atom. The van der Waals surface area contributed by atoms with Gasteiger partial charge in [-0.1, -0.05) is 24.3 Å². The first-order valence-electron chi connectivity index (χ1n) is 7.07. The normalized spacial score (nSPS) is 13.2. The van der Waals surface area contributed by atoms with Crippen molar-refractivity contribution in [3.63, 3.8) is 0 Å². The van der Waals surface area contributed by atoms with E-state index in [4.69, 9.17) is 0 Å². The van der Waals surface area contributed by atoms with Gasteiger partial charge in [-0.2, -0.15) is 4.31 Å². The highest BCUT2D eigenvalue weighted by Crippen LogP contribution is 2.27. The summed E-state index contributed by atoms with van der Waals surface area (Å²) in [5.74, 6) is -1.24. The molecule has 1 N–H and O–H groups in total. The number of imidazole rings is 1. The van der Waals surface area contributed by atoms with Crippen LogP contribution in [-0.2, 0) is 21.4 Å². The first-order chi connectivity index (χ1) is 10.8. The van der Waals surface area contributed by atoms with Gasteiger partial charge in [-0.3, -0.25) is 4.79 Å². The van der Waals surface area contributed by atoms with Crippen molar-refractivity contribution in [3.8, 4) is 0 Å². The molecule has 2 aromatic rings. The van der Waals surface area contributed by atoms with Crippen LogP contribution in [0.4, 0.5) is 0 Å². The van der Waals surface area contributed by atoms with E-state index in [1.807, 2.05) is 6.92 Å². The second-order valence-electron chi connectivity index (χ2n) is 5.16. The van der Waals surface area contributed by atoms with Gasteiger partial charge in [0.15, 0.2) is 5.03 Å². The van der Waals surface area contributed by atoms with E-state index in [9.17, 15) is 18.3 Å². The number of carbonyl (C=O) groups is 1. The van der Waals surface area contributed by atoms with Crippen molar-refractivity contribution in [2.75, 3.05) is 7.05 Å². The van der Waals surface area contributed by atoms with Gasteiger partial charge in [-0.15, -0.1) is 0 Å². The highest BCUT2D eigenvalue weighted by Gasteiger charge is 2.36. The van der Waals surface area contributed by atoms with E-state index < -0.39 is 22.0 Å². The Balaban J connectivity index is 2.47. The summed E-state index contributed by atoms with van der Waals surface area (Å²) in [6.07, 6.45) is 2.80. The number of aromatic nitrogens is 2. The van der Waals surface area contributed by atoms with Crippen molar-refractivity contribution >= 4 is 16.0 Å². The third-order valence-corrected chi connectivity index (χ3v) is 5.41. The molecule has 1 aromatic carbocycles. The molecule has 1 unspecified atom stereocenters. The molecule has 0 radical (unpaired) electrons. The fourth-order valence-electron chi connectivity index (χ4n) is 2.31. The summed E-state index contributed by atoms with van der Waals surface area (Å²) in [6, 6.07) is 5.51. The average molecular weight is 337 g/mol. The van der Waals surface area contributed by atoms with Crippen molar-refractivity contribution in [1.82, 2.24) is 13.9 Å². The lowest BCUT2D eigenvalue weighted by Gasteiger charge is -2.24. The van der Waals surface area contributed by atoms with E-state index in [-0.39, 0.29) is 5.03 Å². The molecule has 0 bridgehead atoms. The van der Waals surface area contributed by atoms with Crippen LogP contribution >= 0.6 is 0 Å². The smallest absolute Gasteiger partial charge is 0.326 e. The minimum Gasteiger partial charge on any atom is -0.480 e. The van der Waals surface area contributed by atoms with Crippen LogP contribution in [0.2, 0.25) is 0 Å². The van der Waals surface area contributed by atoms with Crippen LogP contribution in [0.3, 0.4) is 0 Å². The predicted octanol–water partition coefficient (Wildman–Crippen LogP) is 1.66. The van der Waals surface area contributed by atoms with Crippen molar-refractivity contribution < 1.29 is 18.3 Å². The van der Waals surface area contributed by atoms with Gasteiger partial charge < -0.3 is 9.67 Å². The summed E-state index contributed by atoms with van der Waals surface area (Å²) >= 11 is 0. The van der Waals surface area contributed by atoms with Crippen LogP contribution in [0, 0.1) is 6.92 Å². The number of likely N-dealkylation sites (N-methyl/N-ethyl adjacent to an activating group) is 1. The molecule has 0 saturated heterocycles. The molecule has 0 aliphatic heterocycles. The highest BCUT2D eigenvalue weighted by molar-refractivity contribution is 7.89. The number of aliphatic carboxylic acids is 1. The molecule has 0 saturated carbocycles. The summed E-state index contributed by atoms with van der Waals surface area (Å²) in [5.41, 5.74) is 1.14. The van der Waals surface area contributed by atoms with E-state index in [1.165, 1.54) is 19.6 Å². The van der Waals surface area contributed by atoms with E-state index >= 15 is 0 Å². The molecule has 0 fully saturated rings. The van der Waals surface area contributed by atoms with Gasteiger partial charge in [0, 0.05) is 19.8 Å². The fourth-order valence-corrected chi connectivity index (χ4v) is 3.54. The van der Waals surface area contributed by atoms with Gasteiger partial charge in [0.05, 0.1) is 6.33 Å². The predicted molar refractivity (Wildman–Crippen MR) is 84.4 cm³/mol. The number of benzene rings is 1. The zero-order valence-corrected chi connectivity index (χ0v) is 14.0. The first-order valence-corrected chi connectivity index (χ1v) is 8.51. The molecule has 0 spiro atoms. The molecular formula is C15H19N3O4S. The molecule has 1 heterocycles. The SMILES string of the molecule is CCn1cnc(S(=O)(=O)N(C)C(C(=O)O)c2ccccc2C)c1. The molecular weight excluding hydrogens is 318 g/mol. The number of carboxylic acid groups (broad SMARTS) is 1. The Labute approximate surface area is 135 Å². The highest BCUT2D eigenvalue weighted by atomic mass is 32.2. The molecule has 0 aliphatic carbocycles. The van der Waals surface area contributed by atoms with Crippen molar-refractivity contribution in [2.24, 2.45) is 0 Å². The Morgan fingerprint density at radius 2 is 2.04 bits per heavy atom. The van der Waals surface area contributed by atoms with Gasteiger partial charge in [-0.25, -0.2) is 13.4 Å².